The molecule has 2 rings (SSSR count). The van der Waals surface area contributed by atoms with E-state index in [1.54, 1.807) is 0 Å². The Hall–Kier alpha value is -0.600. The van der Waals surface area contributed by atoms with Gasteiger partial charge in [0.05, 0.1) is 13.2 Å². The lowest BCUT2D eigenvalue weighted by Crippen LogP contribution is -2.50. The van der Waals surface area contributed by atoms with Crippen LogP contribution >= 0.6 is 0 Å². The second kappa shape index (κ2) is 3.87. The van der Waals surface area contributed by atoms with E-state index in [0.29, 0.717) is 0 Å². The van der Waals surface area contributed by atoms with Gasteiger partial charge >= 0.3 is 0 Å². The fourth-order valence-electron chi connectivity index (χ4n) is 2.12. The number of ether oxygens (including phenoxy) is 1. The zero-order chi connectivity index (χ0) is 10.0. The average Bonchev–Trinajstić information content (AvgIpc) is 2.24. The molecule has 14 heavy (non-hydrogen) atoms. The lowest BCUT2D eigenvalue weighted by molar-refractivity contribution is -0.0000570. The van der Waals surface area contributed by atoms with Crippen molar-refractivity contribution in [2.24, 2.45) is 0 Å². The van der Waals surface area contributed by atoms with Crippen LogP contribution in [0.25, 0.3) is 0 Å². The quantitative estimate of drug-likeness (QED) is 0.631. The highest BCUT2D eigenvalue weighted by atomic mass is 16.5. The van der Waals surface area contributed by atoms with E-state index in [1.807, 2.05) is 0 Å². The van der Waals surface area contributed by atoms with Crippen molar-refractivity contribution in [3.8, 4) is 0 Å². The van der Waals surface area contributed by atoms with Crippen molar-refractivity contribution < 1.29 is 4.74 Å². The van der Waals surface area contributed by atoms with Crippen LogP contribution in [-0.2, 0) is 4.74 Å². The number of nitrogens with zero attached hydrogens (tertiary/aromatic N) is 1. The molecule has 0 amide bonds. The molecule has 0 saturated carbocycles. The largest absolute Gasteiger partial charge is 0.379 e. The van der Waals surface area contributed by atoms with Crippen molar-refractivity contribution >= 4 is 0 Å². The molecule has 0 aromatic rings. The summed E-state index contributed by atoms with van der Waals surface area (Å²) in [5.41, 5.74) is 1.61. The second-order valence-electron chi connectivity index (χ2n) is 4.44. The molecule has 0 N–H and O–H groups in total. The molecule has 0 aromatic heterocycles. The summed E-state index contributed by atoms with van der Waals surface area (Å²) in [7, 11) is 0. The van der Waals surface area contributed by atoms with E-state index in [2.05, 4.69) is 37.0 Å². The molecule has 2 heteroatoms. The van der Waals surface area contributed by atoms with Crippen LogP contribution in [0.4, 0.5) is 0 Å². The highest BCUT2D eigenvalue weighted by Crippen LogP contribution is 2.27. The molecule has 1 aliphatic carbocycles. The Morgan fingerprint density at radius 2 is 2.07 bits per heavy atom. The molecule has 1 atom stereocenters. The minimum Gasteiger partial charge on any atom is -0.379 e. The van der Waals surface area contributed by atoms with Gasteiger partial charge in [-0.3, -0.25) is 4.90 Å². The molecule has 1 aliphatic heterocycles. The van der Waals surface area contributed by atoms with Gasteiger partial charge in [-0.2, -0.15) is 0 Å². The van der Waals surface area contributed by atoms with Gasteiger partial charge in [0.25, 0.3) is 0 Å². The molecule has 78 valence electrons. The Balaban J connectivity index is 2.05. The average molecular weight is 193 g/mol. The Morgan fingerprint density at radius 1 is 1.36 bits per heavy atom. The molecule has 1 saturated heterocycles. The zero-order valence-electron chi connectivity index (χ0n) is 9.12. The van der Waals surface area contributed by atoms with E-state index >= 15 is 0 Å². The molecule has 0 aromatic carbocycles. The summed E-state index contributed by atoms with van der Waals surface area (Å²) in [5.74, 6) is 0. The summed E-state index contributed by atoms with van der Waals surface area (Å²) in [5, 5.41) is 0. The minimum absolute atomic E-state index is 0.225. The monoisotopic (exact) mass is 193 g/mol. The van der Waals surface area contributed by atoms with Crippen molar-refractivity contribution in [3.63, 3.8) is 0 Å². The lowest BCUT2D eigenvalue weighted by atomic mass is 9.89. The summed E-state index contributed by atoms with van der Waals surface area (Å²) in [4.78, 5) is 2.52. The van der Waals surface area contributed by atoms with Crippen molar-refractivity contribution in [1.82, 2.24) is 4.90 Å². The fraction of sp³-hybridized carbons (Fsp3) is 0.667. The molecule has 0 spiro atoms. The first-order valence-electron chi connectivity index (χ1n) is 5.39. The van der Waals surface area contributed by atoms with E-state index in [9.17, 15) is 0 Å². The molecule has 0 radical (unpaired) electrons. The summed E-state index contributed by atoms with van der Waals surface area (Å²) in [6, 6.07) is 0. The Kier molecular flexibility index (Phi) is 2.75. The van der Waals surface area contributed by atoms with Crippen molar-refractivity contribution in [3.05, 3.63) is 23.8 Å². The SMILES string of the molecule is CC1=CCC(C)(N2CCOCC2)C=C1. The van der Waals surface area contributed by atoms with Gasteiger partial charge < -0.3 is 4.74 Å². The first kappa shape index (κ1) is 9.94. The first-order chi connectivity index (χ1) is 6.71. The standard InChI is InChI=1S/C12H19NO/c1-11-3-5-12(2,6-4-11)13-7-9-14-10-8-13/h3-5H,6-10H2,1-2H3. The van der Waals surface area contributed by atoms with Gasteiger partial charge in [0.15, 0.2) is 0 Å². The van der Waals surface area contributed by atoms with E-state index in [-0.39, 0.29) is 5.54 Å². The number of morpholine rings is 1. The fourth-order valence-corrected chi connectivity index (χ4v) is 2.12. The van der Waals surface area contributed by atoms with Crippen LogP contribution in [0.15, 0.2) is 23.8 Å². The smallest absolute Gasteiger partial charge is 0.0594 e. The van der Waals surface area contributed by atoms with Crippen molar-refractivity contribution in [2.45, 2.75) is 25.8 Å². The van der Waals surface area contributed by atoms with Crippen LogP contribution in [0.3, 0.4) is 0 Å². The van der Waals surface area contributed by atoms with Gasteiger partial charge in [-0.25, -0.2) is 0 Å². The maximum absolute atomic E-state index is 5.38. The van der Waals surface area contributed by atoms with Crippen LogP contribution in [-0.4, -0.2) is 36.7 Å². The molecule has 2 nitrogen and oxygen atoms in total. The summed E-state index contributed by atoms with van der Waals surface area (Å²) < 4.78 is 5.38. The van der Waals surface area contributed by atoms with E-state index in [0.717, 1.165) is 32.7 Å². The predicted molar refractivity (Wildman–Crippen MR) is 58.3 cm³/mol. The summed E-state index contributed by atoms with van der Waals surface area (Å²) in [6.45, 7) is 8.37. The third-order valence-electron chi connectivity index (χ3n) is 3.28. The molecule has 1 fully saturated rings. The highest BCUT2D eigenvalue weighted by molar-refractivity contribution is 5.27. The van der Waals surface area contributed by atoms with Crippen molar-refractivity contribution in [2.75, 3.05) is 26.3 Å². The maximum Gasteiger partial charge on any atom is 0.0594 e. The van der Waals surface area contributed by atoms with Crippen LogP contribution in [0.5, 0.6) is 0 Å². The number of rotatable bonds is 1. The van der Waals surface area contributed by atoms with Crippen LogP contribution in [0.2, 0.25) is 0 Å². The minimum atomic E-state index is 0.225. The maximum atomic E-state index is 5.38. The van der Waals surface area contributed by atoms with Crippen LogP contribution in [0.1, 0.15) is 20.3 Å². The normalized spacial score (nSPS) is 34.3. The van der Waals surface area contributed by atoms with Gasteiger partial charge in [0.1, 0.15) is 0 Å². The van der Waals surface area contributed by atoms with E-state index in [4.69, 9.17) is 4.74 Å². The summed E-state index contributed by atoms with van der Waals surface area (Å²) in [6.07, 6.45) is 8.04. The number of hydrogen-bond acceptors (Lipinski definition) is 2. The Bertz CT molecular complexity index is 263. The number of allylic oxidation sites excluding steroid dienone is 2. The van der Waals surface area contributed by atoms with Gasteiger partial charge in [0.2, 0.25) is 0 Å². The molecular weight excluding hydrogens is 174 g/mol. The van der Waals surface area contributed by atoms with E-state index < -0.39 is 0 Å². The lowest BCUT2D eigenvalue weighted by Gasteiger charge is -2.42. The molecular formula is C12H19NO. The second-order valence-corrected chi connectivity index (χ2v) is 4.44. The molecule has 1 heterocycles. The Morgan fingerprint density at radius 3 is 2.64 bits per heavy atom. The zero-order valence-corrected chi connectivity index (χ0v) is 9.12. The van der Waals surface area contributed by atoms with Crippen LogP contribution < -0.4 is 0 Å². The molecule has 1 unspecified atom stereocenters. The van der Waals surface area contributed by atoms with Crippen LogP contribution in [0, 0.1) is 0 Å². The van der Waals surface area contributed by atoms with E-state index in [1.165, 1.54) is 5.57 Å². The highest BCUT2D eigenvalue weighted by Gasteiger charge is 2.30. The Labute approximate surface area is 86.2 Å². The topological polar surface area (TPSA) is 12.5 Å². The first-order valence-corrected chi connectivity index (χ1v) is 5.39. The van der Waals surface area contributed by atoms with Crippen molar-refractivity contribution in [1.29, 1.82) is 0 Å². The molecule has 2 aliphatic rings. The van der Waals surface area contributed by atoms with Gasteiger partial charge in [-0.05, 0) is 20.3 Å². The molecule has 0 bridgehead atoms. The number of hydrogen-bond donors (Lipinski definition) is 0. The van der Waals surface area contributed by atoms with Gasteiger partial charge in [0, 0.05) is 18.6 Å². The predicted octanol–water partition coefficient (Wildman–Crippen LogP) is 1.98. The van der Waals surface area contributed by atoms with Gasteiger partial charge in [-0.15, -0.1) is 0 Å². The third-order valence-corrected chi connectivity index (χ3v) is 3.28. The summed E-state index contributed by atoms with van der Waals surface area (Å²) >= 11 is 0. The van der Waals surface area contributed by atoms with Gasteiger partial charge in [-0.1, -0.05) is 23.8 Å². The third kappa shape index (κ3) is 1.91.